The van der Waals surface area contributed by atoms with Crippen LogP contribution in [0.4, 0.5) is 24.7 Å². The van der Waals surface area contributed by atoms with E-state index < -0.39 is 6.36 Å². The van der Waals surface area contributed by atoms with Crippen LogP contribution < -0.4 is 10.1 Å². The Morgan fingerprint density at radius 3 is 2.40 bits per heavy atom. The summed E-state index contributed by atoms with van der Waals surface area (Å²) in [6.07, 6.45) is -3.04. The second-order valence-electron chi connectivity index (χ2n) is 3.99. The Hall–Kier alpha value is -1.76. The first kappa shape index (κ1) is 14.6. The van der Waals surface area contributed by atoms with Gasteiger partial charge in [0.25, 0.3) is 0 Å². The quantitative estimate of drug-likeness (QED) is 0.867. The lowest BCUT2D eigenvalue weighted by Gasteiger charge is -2.11. The lowest BCUT2D eigenvalue weighted by Crippen LogP contribution is -2.16. The van der Waals surface area contributed by atoms with Gasteiger partial charge in [-0.15, -0.1) is 13.2 Å². The van der Waals surface area contributed by atoms with Gasteiger partial charge in [0, 0.05) is 11.9 Å². The highest BCUT2D eigenvalue weighted by Crippen LogP contribution is 2.28. The summed E-state index contributed by atoms with van der Waals surface area (Å²) in [5, 5.41) is 3.01. The standard InChI is InChI=1S/C13H10BrF3N2O/c1-8-6-7-18-12(11(8)14)19-9-2-4-10(5-3-9)20-13(15,16)17/h2-7H,1H3,(H,18,19). The van der Waals surface area contributed by atoms with Crippen molar-refractivity contribution in [1.82, 2.24) is 4.98 Å². The first-order chi connectivity index (χ1) is 9.35. The van der Waals surface area contributed by atoms with Gasteiger partial charge in [-0.05, 0) is 58.7 Å². The zero-order chi connectivity index (χ0) is 14.8. The van der Waals surface area contributed by atoms with Gasteiger partial charge in [-0.3, -0.25) is 0 Å². The Morgan fingerprint density at radius 1 is 1.15 bits per heavy atom. The van der Waals surface area contributed by atoms with Gasteiger partial charge < -0.3 is 10.1 Å². The third-order valence-electron chi connectivity index (χ3n) is 2.43. The number of benzene rings is 1. The predicted molar refractivity (Wildman–Crippen MR) is 73.1 cm³/mol. The van der Waals surface area contributed by atoms with Crippen molar-refractivity contribution >= 4 is 27.4 Å². The summed E-state index contributed by atoms with van der Waals surface area (Å²) in [4.78, 5) is 4.15. The molecule has 0 aliphatic heterocycles. The van der Waals surface area contributed by atoms with E-state index in [2.05, 4.69) is 31.0 Å². The summed E-state index contributed by atoms with van der Waals surface area (Å²) in [6.45, 7) is 1.91. The SMILES string of the molecule is Cc1ccnc(Nc2ccc(OC(F)(F)F)cc2)c1Br. The Labute approximate surface area is 121 Å². The Bertz CT molecular complexity index is 600. The van der Waals surface area contributed by atoms with Crippen LogP contribution in [0.25, 0.3) is 0 Å². The summed E-state index contributed by atoms with van der Waals surface area (Å²) in [5.74, 6) is 0.328. The Kier molecular flexibility index (Phi) is 4.17. The third-order valence-corrected chi connectivity index (χ3v) is 3.43. The van der Waals surface area contributed by atoms with E-state index in [0.29, 0.717) is 11.5 Å². The van der Waals surface area contributed by atoms with Gasteiger partial charge in [0.15, 0.2) is 0 Å². The van der Waals surface area contributed by atoms with Crippen LogP contribution in [0.3, 0.4) is 0 Å². The van der Waals surface area contributed by atoms with E-state index in [0.717, 1.165) is 10.0 Å². The normalized spacial score (nSPS) is 11.2. The van der Waals surface area contributed by atoms with Crippen LogP contribution in [0.15, 0.2) is 41.0 Å². The number of hydrogen-bond donors (Lipinski definition) is 1. The topological polar surface area (TPSA) is 34.2 Å². The molecular formula is C13H10BrF3N2O. The molecule has 3 nitrogen and oxygen atoms in total. The molecule has 2 rings (SSSR count). The van der Waals surface area contributed by atoms with E-state index in [1.807, 2.05) is 13.0 Å². The number of anilines is 2. The van der Waals surface area contributed by atoms with Crippen LogP contribution in [0.2, 0.25) is 0 Å². The van der Waals surface area contributed by atoms with E-state index >= 15 is 0 Å². The average Bonchev–Trinajstić information content (AvgIpc) is 2.35. The fraction of sp³-hybridized carbons (Fsp3) is 0.154. The number of halogens is 4. The van der Waals surface area contributed by atoms with Gasteiger partial charge in [0.05, 0.1) is 4.47 Å². The van der Waals surface area contributed by atoms with Gasteiger partial charge >= 0.3 is 6.36 Å². The number of pyridine rings is 1. The maximum atomic E-state index is 12.0. The zero-order valence-corrected chi connectivity index (χ0v) is 11.9. The molecule has 0 radical (unpaired) electrons. The Balaban J connectivity index is 2.13. The molecule has 2 aromatic rings. The third kappa shape index (κ3) is 3.86. The lowest BCUT2D eigenvalue weighted by molar-refractivity contribution is -0.274. The minimum absolute atomic E-state index is 0.265. The Morgan fingerprint density at radius 2 is 1.80 bits per heavy atom. The molecule has 0 aliphatic carbocycles. The summed E-state index contributed by atoms with van der Waals surface area (Å²) in [6, 6.07) is 7.28. The van der Waals surface area contributed by atoms with E-state index in [1.54, 1.807) is 6.20 Å². The van der Waals surface area contributed by atoms with Crippen LogP contribution in [0.5, 0.6) is 5.75 Å². The van der Waals surface area contributed by atoms with Crippen molar-refractivity contribution < 1.29 is 17.9 Å². The highest BCUT2D eigenvalue weighted by Gasteiger charge is 2.30. The molecule has 0 bridgehead atoms. The van der Waals surface area contributed by atoms with Crippen LogP contribution in [0, 0.1) is 6.92 Å². The van der Waals surface area contributed by atoms with Crippen molar-refractivity contribution in [3.8, 4) is 5.75 Å². The molecule has 0 fully saturated rings. The van der Waals surface area contributed by atoms with Crippen LogP contribution in [0.1, 0.15) is 5.56 Å². The highest BCUT2D eigenvalue weighted by atomic mass is 79.9. The zero-order valence-electron chi connectivity index (χ0n) is 10.3. The van der Waals surface area contributed by atoms with Gasteiger partial charge in [-0.2, -0.15) is 0 Å². The minimum atomic E-state index is -4.68. The van der Waals surface area contributed by atoms with E-state index in [4.69, 9.17) is 0 Å². The fourth-order valence-electron chi connectivity index (χ4n) is 1.50. The number of alkyl halides is 3. The second-order valence-corrected chi connectivity index (χ2v) is 4.78. The van der Waals surface area contributed by atoms with Gasteiger partial charge in [0.1, 0.15) is 11.6 Å². The lowest BCUT2D eigenvalue weighted by atomic mass is 10.2. The van der Waals surface area contributed by atoms with Gasteiger partial charge in [0.2, 0.25) is 0 Å². The van der Waals surface area contributed by atoms with E-state index in [9.17, 15) is 13.2 Å². The molecule has 0 spiro atoms. The molecule has 1 aromatic heterocycles. The van der Waals surface area contributed by atoms with Crippen molar-refractivity contribution in [2.24, 2.45) is 0 Å². The van der Waals surface area contributed by atoms with Crippen LogP contribution in [-0.4, -0.2) is 11.3 Å². The van der Waals surface area contributed by atoms with Gasteiger partial charge in [-0.1, -0.05) is 0 Å². The summed E-state index contributed by atoms with van der Waals surface area (Å²) in [7, 11) is 0. The van der Waals surface area contributed by atoms with Crippen LogP contribution in [-0.2, 0) is 0 Å². The molecule has 1 heterocycles. The molecule has 1 N–H and O–H groups in total. The molecule has 0 saturated carbocycles. The second kappa shape index (κ2) is 5.70. The number of ether oxygens (including phenoxy) is 1. The molecule has 0 atom stereocenters. The first-order valence-electron chi connectivity index (χ1n) is 5.59. The van der Waals surface area contributed by atoms with E-state index in [-0.39, 0.29) is 5.75 Å². The molecule has 0 saturated heterocycles. The molecule has 1 aromatic carbocycles. The number of nitrogens with zero attached hydrogens (tertiary/aromatic N) is 1. The summed E-state index contributed by atoms with van der Waals surface area (Å²) >= 11 is 3.39. The molecule has 7 heteroatoms. The number of aryl methyl sites for hydroxylation is 1. The predicted octanol–water partition coefficient (Wildman–Crippen LogP) is 4.79. The monoisotopic (exact) mass is 346 g/mol. The molecule has 20 heavy (non-hydrogen) atoms. The van der Waals surface area contributed by atoms with Crippen molar-refractivity contribution in [3.05, 3.63) is 46.6 Å². The maximum absolute atomic E-state index is 12.0. The van der Waals surface area contributed by atoms with Crippen molar-refractivity contribution in [1.29, 1.82) is 0 Å². The average molecular weight is 347 g/mol. The molecule has 0 unspecified atom stereocenters. The number of hydrogen-bond acceptors (Lipinski definition) is 3. The maximum Gasteiger partial charge on any atom is 0.573 e. The number of nitrogens with one attached hydrogen (secondary N) is 1. The molecule has 106 valence electrons. The summed E-state index contributed by atoms with van der Waals surface area (Å²) in [5.41, 5.74) is 1.61. The van der Waals surface area contributed by atoms with Gasteiger partial charge in [-0.25, -0.2) is 4.98 Å². The minimum Gasteiger partial charge on any atom is -0.406 e. The van der Waals surface area contributed by atoms with Crippen molar-refractivity contribution in [3.63, 3.8) is 0 Å². The first-order valence-corrected chi connectivity index (χ1v) is 6.38. The summed E-state index contributed by atoms with van der Waals surface area (Å²) < 4.78 is 40.7. The fourth-order valence-corrected chi connectivity index (χ4v) is 1.84. The number of rotatable bonds is 3. The molecule has 0 amide bonds. The smallest absolute Gasteiger partial charge is 0.406 e. The van der Waals surface area contributed by atoms with Crippen LogP contribution >= 0.6 is 15.9 Å². The largest absolute Gasteiger partial charge is 0.573 e. The molecular weight excluding hydrogens is 337 g/mol. The number of aromatic nitrogens is 1. The molecule has 0 aliphatic rings. The highest BCUT2D eigenvalue weighted by molar-refractivity contribution is 9.10. The van der Waals surface area contributed by atoms with Crippen molar-refractivity contribution in [2.75, 3.05) is 5.32 Å². The van der Waals surface area contributed by atoms with Crippen molar-refractivity contribution in [2.45, 2.75) is 13.3 Å². The van der Waals surface area contributed by atoms with E-state index in [1.165, 1.54) is 24.3 Å².